The van der Waals surface area contributed by atoms with Crippen molar-refractivity contribution in [3.63, 3.8) is 0 Å². The van der Waals surface area contributed by atoms with Crippen LogP contribution in [0.4, 0.5) is 0 Å². The average molecular weight is 245 g/mol. The second-order valence-corrected chi connectivity index (χ2v) is 4.78. The van der Waals surface area contributed by atoms with Gasteiger partial charge in [-0.1, -0.05) is 30.3 Å². The van der Waals surface area contributed by atoms with Gasteiger partial charge >= 0.3 is 0 Å². The lowest BCUT2D eigenvalue weighted by Gasteiger charge is -2.23. The molecule has 1 atom stereocenters. The summed E-state index contributed by atoms with van der Waals surface area (Å²) in [5.41, 5.74) is 2.73. The molecular formula is C15H19NO2. The van der Waals surface area contributed by atoms with E-state index in [9.17, 15) is 9.90 Å². The minimum Gasteiger partial charge on any atom is -0.550 e. The topological polar surface area (TPSA) is 44.6 Å². The molecule has 1 aromatic rings. The van der Waals surface area contributed by atoms with Crippen LogP contribution < -0.4 is 10.0 Å². The summed E-state index contributed by atoms with van der Waals surface area (Å²) in [5.74, 6) is -0.938. The quantitative estimate of drug-likeness (QED) is 0.786. The van der Waals surface area contributed by atoms with E-state index in [-0.39, 0.29) is 6.42 Å². The van der Waals surface area contributed by atoms with E-state index in [4.69, 9.17) is 0 Å². The molecule has 0 fully saturated rings. The molecule has 0 bridgehead atoms. The fourth-order valence-corrected chi connectivity index (χ4v) is 2.41. The predicted molar refractivity (Wildman–Crippen MR) is 68.8 cm³/mol. The standard InChI is InChI=1S/C15H19NO2/c17-15(18)7-4-10-16-11-8-14(9-12-16)13-5-2-1-3-6-13/h1-3,5-6,8H,4,7,9-12H2,(H,17,18). The second-order valence-electron chi connectivity index (χ2n) is 4.78. The number of carboxylic acids is 1. The number of aliphatic carboxylic acids is 1. The van der Waals surface area contributed by atoms with Crippen LogP contribution in [-0.2, 0) is 4.79 Å². The molecule has 3 nitrogen and oxygen atoms in total. The van der Waals surface area contributed by atoms with Gasteiger partial charge in [-0.2, -0.15) is 0 Å². The van der Waals surface area contributed by atoms with Crippen molar-refractivity contribution in [1.29, 1.82) is 0 Å². The molecule has 1 aromatic carbocycles. The number of carbonyl (C=O) groups excluding carboxylic acids is 1. The van der Waals surface area contributed by atoms with E-state index in [0.717, 1.165) is 26.1 Å². The van der Waals surface area contributed by atoms with Crippen LogP contribution in [0.25, 0.3) is 5.57 Å². The number of rotatable bonds is 5. The van der Waals surface area contributed by atoms with E-state index in [1.165, 1.54) is 16.0 Å². The van der Waals surface area contributed by atoms with Crippen LogP contribution in [-0.4, -0.2) is 25.6 Å². The normalized spacial score (nSPS) is 19.3. The van der Waals surface area contributed by atoms with Crippen molar-refractivity contribution in [2.24, 2.45) is 0 Å². The average Bonchev–Trinajstić information content (AvgIpc) is 2.40. The van der Waals surface area contributed by atoms with Gasteiger partial charge in [0.2, 0.25) is 0 Å². The zero-order valence-electron chi connectivity index (χ0n) is 10.5. The fourth-order valence-electron chi connectivity index (χ4n) is 2.41. The van der Waals surface area contributed by atoms with Crippen LogP contribution in [0.3, 0.4) is 0 Å². The molecule has 1 heterocycles. The number of nitrogens with one attached hydrogen (secondary N) is 1. The van der Waals surface area contributed by atoms with Gasteiger partial charge in [0.15, 0.2) is 0 Å². The number of hydrogen-bond acceptors (Lipinski definition) is 2. The van der Waals surface area contributed by atoms with Crippen molar-refractivity contribution in [2.45, 2.75) is 19.3 Å². The Morgan fingerprint density at radius 2 is 2.06 bits per heavy atom. The molecule has 3 heteroatoms. The van der Waals surface area contributed by atoms with Crippen molar-refractivity contribution in [2.75, 3.05) is 19.6 Å². The molecule has 0 radical (unpaired) electrons. The molecule has 18 heavy (non-hydrogen) atoms. The van der Waals surface area contributed by atoms with Crippen molar-refractivity contribution in [1.82, 2.24) is 0 Å². The highest BCUT2D eigenvalue weighted by Gasteiger charge is 2.14. The van der Waals surface area contributed by atoms with Crippen LogP contribution in [0, 0.1) is 0 Å². The predicted octanol–water partition coefficient (Wildman–Crippen LogP) is -0.111. The van der Waals surface area contributed by atoms with Gasteiger partial charge in [0.25, 0.3) is 0 Å². The summed E-state index contributed by atoms with van der Waals surface area (Å²) in [4.78, 5) is 11.8. The highest BCUT2D eigenvalue weighted by atomic mass is 16.4. The molecule has 0 spiro atoms. The zero-order chi connectivity index (χ0) is 12.8. The van der Waals surface area contributed by atoms with Crippen LogP contribution in [0.15, 0.2) is 36.4 Å². The van der Waals surface area contributed by atoms with E-state index < -0.39 is 5.97 Å². The zero-order valence-corrected chi connectivity index (χ0v) is 10.5. The molecule has 0 aliphatic carbocycles. The van der Waals surface area contributed by atoms with Crippen molar-refractivity contribution in [3.8, 4) is 0 Å². The van der Waals surface area contributed by atoms with Crippen molar-refractivity contribution >= 4 is 11.5 Å². The number of hydrogen-bond donors (Lipinski definition) is 1. The first kappa shape index (κ1) is 12.8. The lowest BCUT2D eigenvalue weighted by Crippen LogP contribution is -3.12. The monoisotopic (exact) mass is 245 g/mol. The highest BCUT2D eigenvalue weighted by Crippen LogP contribution is 2.17. The minimum atomic E-state index is -0.938. The Bertz CT molecular complexity index is 425. The van der Waals surface area contributed by atoms with Gasteiger partial charge in [0, 0.05) is 18.8 Å². The maximum absolute atomic E-state index is 10.3. The molecular weight excluding hydrogens is 226 g/mol. The SMILES string of the molecule is O=C([O-])CCC[NH+]1CC=C(c2ccccc2)CC1. The Hall–Kier alpha value is -1.61. The molecule has 0 saturated heterocycles. The molecule has 1 unspecified atom stereocenters. The summed E-state index contributed by atoms with van der Waals surface area (Å²) in [5, 5.41) is 10.3. The fraction of sp³-hybridized carbons (Fsp3) is 0.400. The van der Waals surface area contributed by atoms with Gasteiger partial charge in [-0.3, -0.25) is 0 Å². The van der Waals surface area contributed by atoms with Gasteiger partial charge in [0.05, 0.1) is 19.6 Å². The maximum Gasteiger partial charge on any atom is 0.0964 e. The van der Waals surface area contributed by atoms with Gasteiger partial charge < -0.3 is 14.8 Å². The molecule has 0 amide bonds. The van der Waals surface area contributed by atoms with E-state index in [0.29, 0.717) is 6.42 Å². The first-order valence-electron chi connectivity index (χ1n) is 6.53. The molecule has 1 aliphatic rings. The maximum atomic E-state index is 10.3. The number of carbonyl (C=O) groups is 1. The van der Waals surface area contributed by atoms with Crippen LogP contribution in [0.5, 0.6) is 0 Å². The summed E-state index contributed by atoms with van der Waals surface area (Å²) in [7, 11) is 0. The largest absolute Gasteiger partial charge is 0.550 e. The van der Waals surface area contributed by atoms with Gasteiger partial charge in [0.1, 0.15) is 0 Å². The van der Waals surface area contributed by atoms with Crippen molar-refractivity contribution in [3.05, 3.63) is 42.0 Å². The van der Waals surface area contributed by atoms with E-state index in [2.05, 4.69) is 30.3 Å². The minimum absolute atomic E-state index is 0.179. The summed E-state index contributed by atoms with van der Waals surface area (Å²) >= 11 is 0. The summed E-state index contributed by atoms with van der Waals surface area (Å²) in [6.07, 6.45) is 4.25. The number of quaternary nitrogens is 1. The van der Waals surface area contributed by atoms with Crippen LogP contribution >= 0.6 is 0 Å². The van der Waals surface area contributed by atoms with E-state index >= 15 is 0 Å². The third kappa shape index (κ3) is 3.70. The Morgan fingerprint density at radius 3 is 2.67 bits per heavy atom. The summed E-state index contributed by atoms with van der Waals surface area (Å²) < 4.78 is 0. The van der Waals surface area contributed by atoms with Crippen LogP contribution in [0.2, 0.25) is 0 Å². The molecule has 0 aromatic heterocycles. The van der Waals surface area contributed by atoms with Crippen molar-refractivity contribution < 1.29 is 14.8 Å². The van der Waals surface area contributed by atoms with Gasteiger partial charge in [-0.15, -0.1) is 0 Å². The molecule has 2 rings (SSSR count). The molecule has 0 saturated carbocycles. The first-order chi connectivity index (χ1) is 8.75. The molecule has 1 N–H and O–H groups in total. The highest BCUT2D eigenvalue weighted by molar-refractivity contribution is 5.66. The Morgan fingerprint density at radius 1 is 1.28 bits per heavy atom. The van der Waals surface area contributed by atoms with Crippen LogP contribution in [0.1, 0.15) is 24.8 Å². The summed E-state index contributed by atoms with van der Waals surface area (Å²) in [6.45, 7) is 3.01. The first-order valence-corrected chi connectivity index (χ1v) is 6.53. The third-order valence-corrected chi connectivity index (χ3v) is 3.44. The lowest BCUT2D eigenvalue weighted by atomic mass is 9.99. The molecule has 1 aliphatic heterocycles. The number of carboxylic acid groups (broad SMARTS) is 1. The Balaban J connectivity index is 1.83. The molecule has 96 valence electrons. The van der Waals surface area contributed by atoms with Gasteiger partial charge in [-0.25, -0.2) is 0 Å². The van der Waals surface area contributed by atoms with E-state index in [1.54, 1.807) is 0 Å². The number of benzene rings is 1. The Labute approximate surface area is 108 Å². The smallest absolute Gasteiger partial charge is 0.0964 e. The Kier molecular flexibility index (Phi) is 4.53. The lowest BCUT2D eigenvalue weighted by molar-refractivity contribution is -0.895. The third-order valence-electron chi connectivity index (χ3n) is 3.44. The van der Waals surface area contributed by atoms with Gasteiger partial charge in [-0.05, 0) is 23.6 Å². The summed E-state index contributed by atoms with van der Waals surface area (Å²) in [6, 6.07) is 10.5. The second kappa shape index (κ2) is 6.36. The van der Waals surface area contributed by atoms with E-state index in [1.807, 2.05) is 6.07 Å².